The lowest BCUT2D eigenvalue weighted by Gasteiger charge is -2.31. The van der Waals surface area contributed by atoms with Crippen LogP contribution in [-0.4, -0.2) is 44.7 Å². The maximum Gasteiger partial charge on any atom is 0.290 e. The Balaban J connectivity index is 1.69. The first-order valence-corrected chi connectivity index (χ1v) is 12.8. The molecule has 0 saturated carbocycles. The summed E-state index contributed by atoms with van der Waals surface area (Å²) in [6.45, 7) is 1.94. The molecular formula is C25H25ClN2O5S. The quantitative estimate of drug-likeness (QED) is 0.487. The van der Waals surface area contributed by atoms with Crippen molar-refractivity contribution < 1.29 is 23.0 Å². The van der Waals surface area contributed by atoms with Gasteiger partial charge < -0.3 is 19.5 Å². The van der Waals surface area contributed by atoms with Crippen molar-refractivity contribution in [3.63, 3.8) is 0 Å². The number of benzene rings is 3. The number of methoxy groups -OCH3 is 1. The lowest BCUT2D eigenvalue weighted by molar-refractivity contribution is -0.209. The van der Waals surface area contributed by atoms with Crippen LogP contribution in [0.5, 0.6) is 5.75 Å². The average Bonchev–Trinajstić information content (AvgIpc) is 3.09. The highest BCUT2D eigenvalue weighted by atomic mass is 35.5. The lowest BCUT2D eigenvalue weighted by Crippen LogP contribution is -2.47. The van der Waals surface area contributed by atoms with Gasteiger partial charge in [-0.05, 0) is 73.2 Å². The lowest BCUT2D eigenvalue weighted by atomic mass is 10.1. The maximum atomic E-state index is 11.9. The van der Waals surface area contributed by atoms with E-state index in [1.165, 1.54) is 12.1 Å². The zero-order valence-corrected chi connectivity index (χ0v) is 20.5. The van der Waals surface area contributed by atoms with Gasteiger partial charge in [-0.1, -0.05) is 23.7 Å². The van der Waals surface area contributed by atoms with Crippen LogP contribution in [0.3, 0.4) is 0 Å². The minimum atomic E-state index is -3.34. The van der Waals surface area contributed by atoms with Crippen molar-refractivity contribution >= 4 is 33.0 Å². The van der Waals surface area contributed by atoms with E-state index in [0.29, 0.717) is 16.4 Å². The Labute approximate surface area is 204 Å². The summed E-state index contributed by atoms with van der Waals surface area (Å²) in [5.74, 6) is -0.666. The topological polar surface area (TPSA) is 88.4 Å². The first kappa shape index (κ1) is 24.2. The van der Waals surface area contributed by atoms with E-state index in [9.17, 15) is 13.5 Å². The van der Waals surface area contributed by atoms with Crippen molar-refractivity contribution in [1.29, 1.82) is 0 Å². The van der Waals surface area contributed by atoms with Gasteiger partial charge in [-0.3, -0.25) is 0 Å². The van der Waals surface area contributed by atoms with E-state index in [4.69, 9.17) is 21.1 Å². The Morgan fingerprint density at radius 3 is 2.21 bits per heavy atom. The molecule has 0 spiro atoms. The smallest absolute Gasteiger partial charge is 0.290 e. The van der Waals surface area contributed by atoms with E-state index in [0.717, 1.165) is 23.3 Å². The molecule has 178 valence electrons. The average molecular weight is 501 g/mol. The molecular weight excluding hydrogens is 476 g/mol. The first-order valence-electron chi connectivity index (χ1n) is 10.5. The van der Waals surface area contributed by atoms with Crippen molar-refractivity contribution in [1.82, 2.24) is 0 Å². The van der Waals surface area contributed by atoms with Gasteiger partial charge in [0.2, 0.25) is 0 Å². The van der Waals surface area contributed by atoms with Gasteiger partial charge >= 0.3 is 0 Å². The summed E-state index contributed by atoms with van der Waals surface area (Å²) in [7, 11) is -1.75. The summed E-state index contributed by atoms with van der Waals surface area (Å²) in [6, 6.07) is 20.3. The largest absolute Gasteiger partial charge is 0.497 e. The van der Waals surface area contributed by atoms with Crippen molar-refractivity contribution in [2.24, 2.45) is 4.99 Å². The van der Waals surface area contributed by atoms with Crippen molar-refractivity contribution in [2.75, 3.05) is 18.3 Å². The van der Waals surface area contributed by atoms with Crippen LogP contribution in [0.2, 0.25) is 5.02 Å². The Morgan fingerprint density at radius 2 is 1.65 bits per heavy atom. The molecule has 0 aromatic heterocycles. The fraction of sp³-hybridized carbons (Fsp3) is 0.240. The fourth-order valence-electron chi connectivity index (χ4n) is 3.72. The van der Waals surface area contributed by atoms with Crippen LogP contribution in [0, 0.1) is 0 Å². The zero-order valence-electron chi connectivity index (χ0n) is 19.0. The third-order valence-corrected chi connectivity index (χ3v) is 7.06. The predicted octanol–water partition coefficient (Wildman–Crippen LogP) is 4.27. The van der Waals surface area contributed by atoms with Crippen molar-refractivity contribution in [3.8, 4) is 5.75 Å². The molecule has 9 heteroatoms. The number of rotatable bonds is 7. The van der Waals surface area contributed by atoms with Crippen LogP contribution in [0.4, 0.5) is 5.69 Å². The van der Waals surface area contributed by atoms with Gasteiger partial charge in [-0.15, -0.1) is 0 Å². The molecule has 1 N–H and O–H groups in total. The molecule has 0 bridgehead atoms. The highest BCUT2D eigenvalue weighted by Crippen LogP contribution is 2.35. The van der Waals surface area contributed by atoms with Crippen LogP contribution in [0.25, 0.3) is 0 Å². The van der Waals surface area contributed by atoms with E-state index >= 15 is 0 Å². The molecule has 34 heavy (non-hydrogen) atoms. The van der Waals surface area contributed by atoms with Gasteiger partial charge in [0.15, 0.2) is 9.84 Å². The number of halogens is 1. The van der Waals surface area contributed by atoms with E-state index in [-0.39, 0.29) is 11.5 Å². The molecule has 7 nitrogen and oxygen atoms in total. The third-order valence-electron chi connectivity index (χ3n) is 5.68. The number of hydrogen-bond donors (Lipinski definition) is 1. The standard InChI is InChI=1S/C25H25ClN2O5S/c1-17-25(29,33-16-18-4-12-22(32-2)13-5-18)27-24(28(17)21-10-8-20(26)9-11-21)19-6-14-23(15-7-19)34(3,30)31/h4-15,17,29H,16H2,1-3H3. The van der Waals surface area contributed by atoms with Gasteiger partial charge in [-0.2, -0.15) is 0 Å². The Kier molecular flexibility index (Phi) is 6.69. The second kappa shape index (κ2) is 9.38. The Hall–Kier alpha value is -2.91. The molecule has 2 unspecified atom stereocenters. The van der Waals surface area contributed by atoms with Gasteiger partial charge in [0.05, 0.1) is 18.6 Å². The first-order chi connectivity index (χ1) is 16.1. The number of ether oxygens (including phenoxy) is 2. The molecule has 0 radical (unpaired) electrons. The summed E-state index contributed by atoms with van der Waals surface area (Å²) < 4.78 is 34.9. The van der Waals surface area contributed by atoms with Crippen molar-refractivity contribution in [3.05, 3.63) is 88.9 Å². The zero-order chi connectivity index (χ0) is 24.5. The van der Waals surface area contributed by atoms with Gasteiger partial charge in [-0.25, -0.2) is 13.4 Å². The van der Waals surface area contributed by atoms with Crippen LogP contribution < -0.4 is 9.64 Å². The van der Waals surface area contributed by atoms with E-state index in [2.05, 4.69) is 4.99 Å². The number of anilines is 1. The minimum absolute atomic E-state index is 0.128. The SMILES string of the molecule is COc1ccc(COC2(O)N=C(c3ccc(S(C)(=O)=O)cc3)N(c3ccc(Cl)cc3)C2C)cc1. The number of aliphatic imine (C=N–C) groups is 1. The normalized spacial score (nSPS) is 20.3. The third kappa shape index (κ3) is 4.95. The molecule has 3 aromatic rings. The summed E-state index contributed by atoms with van der Waals surface area (Å²) in [4.78, 5) is 6.61. The number of amidine groups is 1. The van der Waals surface area contributed by atoms with Crippen LogP contribution >= 0.6 is 11.6 Å². The van der Waals surface area contributed by atoms with Crippen LogP contribution in [0.1, 0.15) is 18.1 Å². The molecule has 2 atom stereocenters. The van der Waals surface area contributed by atoms with Gasteiger partial charge in [0.25, 0.3) is 5.91 Å². The molecule has 0 aliphatic carbocycles. The second-order valence-corrected chi connectivity index (χ2v) is 10.5. The molecule has 0 saturated heterocycles. The summed E-state index contributed by atoms with van der Waals surface area (Å²) >= 11 is 6.07. The molecule has 0 amide bonds. The number of sulfone groups is 1. The predicted molar refractivity (Wildman–Crippen MR) is 132 cm³/mol. The number of nitrogens with zero attached hydrogens (tertiary/aromatic N) is 2. The van der Waals surface area contributed by atoms with Gasteiger partial charge in [0.1, 0.15) is 17.6 Å². The minimum Gasteiger partial charge on any atom is -0.497 e. The summed E-state index contributed by atoms with van der Waals surface area (Å²) in [6.07, 6.45) is 1.16. The molecule has 3 aromatic carbocycles. The fourth-order valence-corrected chi connectivity index (χ4v) is 4.47. The number of aliphatic hydroxyl groups is 1. The van der Waals surface area contributed by atoms with E-state index in [1.54, 1.807) is 31.4 Å². The summed E-state index contributed by atoms with van der Waals surface area (Å²) in [5.41, 5.74) is 2.24. The molecule has 1 aliphatic heterocycles. The highest BCUT2D eigenvalue weighted by Gasteiger charge is 2.47. The monoisotopic (exact) mass is 500 g/mol. The highest BCUT2D eigenvalue weighted by molar-refractivity contribution is 7.90. The Morgan fingerprint density at radius 1 is 1.03 bits per heavy atom. The maximum absolute atomic E-state index is 11.9. The Bertz CT molecular complexity index is 1290. The molecule has 4 rings (SSSR count). The van der Waals surface area contributed by atoms with E-state index in [1.807, 2.05) is 48.2 Å². The van der Waals surface area contributed by atoms with Crippen molar-refractivity contribution in [2.45, 2.75) is 30.4 Å². The molecule has 1 aliphatic rings. The van der Waals surface area contributed by atoms with E-state index < -0.39 is 21.8 Å². The second-order valence-electron chi connectivity index (χ2n) is 8.05. The van der Waals surface area contributed by atoms with Crippen LogP contribution in [0.15, 0.2) is 82.7 Å². The summed E-state index contributed by atoms with van der Waals surface area (Å²) in [5, 5.41) is 12.0. The van der Waals surface area contributed by atoms with Crippen LogP contribution in [-0.2, 0) is 21.2 Å². The van der Waals surface area contributed by atoms with Gasteiger partial charge in [0, 0.05) is 22.5 Å². The molecule has 1 heterocycles. The number of hydrogen-bond acceptors (Lipinski definition) is 7. The molecule has 0 fully saturated rings.